The van der Waals surface area contributed by atoms with Gasteiger partial charge in [-0.1, -0.05) is 0 Å². The molecule has 1 rings (SSSR count). The molecule has 5 nitrogen and oxygen atoms in total. The van der Waals surface area contributed by atoms with Crippen LogP contribution in [0.5, 0.6) is 0 Å². The van der Waals surface area contributed by atoms with Gasteiger partial charge in [0, 0.05) is 26.2 Å². The molecule has 1 aliphatic rings. The Bertz CT molecular complexity index is 187. The molecule has 0 aromatic heterocycles. The van der Waals surface area contributed by atoms with Crippen molar-refractivity contribution in [2.75, 3.05) is 26.2 Å². The summed E-state index contributed by atoms with van der Waals surface area (Å²) >= 11 is 0. The van der Waals surface area contributed by atoms with E-state index in [2.05, 4.69) is 5.32 Å². The van der Waals surface area contributed by atoms with Gasteiger partial charge in [-0.25, -0.2) is 0 Å². The van der Waals surface area contributed by atoms with Crippen LogP contribution in [0.25, 0.3) is 0 Å². The predicted octanol–water partition coefficient (Wildman–Crippen LogP) is -1.71. The van der Waals surface area contributed by atoms with Gasteiger partial charge in [0.2, 0.25) is 11.8 Å². The second-order valence-corrected chi connectivity index (χ2v) is 2.77. The Morgan fingerprint density at radius 3 is 2.42 bits per heavy atom. The molecule has 0 aromatic carbocycles. The van der Waals surface area contributed by atoms with Gasteiger partial charge >= 0.3 is 0 Å². The van der Waals surface area contributed by atoms with Crippen LogP contribution in [0.3, 0.4) is 0 Å². The standard InChI is InChI=1S/C7H13N3O2/c8-6(11)5-7(12)10-3-1-9-2-4-10/h9H,1-5H2,(H2,8,11). The monoisotopic (exact) mass is 171 g/mol. The van der Waals surface area contributed by atoms with Crippen LogP contribution in [0.4, 0.5) is 0 Å². The lowest BCUT2D eigenvalue weighted by molar-refractivity contribution is -0.135. The smallest absolute Gasteiger partial charge is 0.232 e. The molecule has 0 saturated carbocycles. The molecule has 0 unspecified atom stereocenters. The minimum Gasteiger partial charge on any atom is -0.369 e. The summed E-state index contributed by atoms with van der Waals surface area (Å²) in [5.74, 6) is -0.720. The molecule has 1 heterocycles. The quantitative estimate of drug-likeness (QED) is 0.486. The van der Waals surface area contributed by atoms with Gasteiger partial charge in [-0.15, -0.1) is 0 Å². The number of primary amides is 1. The van der Waals surface area contributed by atoms with Gasteiger partial charge < -0.3 is 16.0 Å². The molecule has 1 fully saturated rings. The van der Waals surface area contributed by atoms with Crippen molar-refractivity contribution in [2.45, 2.75) is 6.42 Å². The number of nitrogens with zero attached hydrogens (tertiary/aromatic N) is 1. The molecule has 1 aliphatic heterocycles. The number of hydrogen-bond donors (Lipinski definition) is 2. The number of carbonyl (C=O) groups excluding carboxylic acids is 2. The number of hydrogen-bond acceptors (Lipinski definition) is 3. The third-order valence-electron chi connectivity index (χ3n) is 1.80. The SMILES string of the molecule is NC(=O)CC(=O)N1CCNCC1. The fourth-order valence-electron chi connectivity index (χ4n) is 1.18. The number of carbonyl (C=O) groups is 2. The molecule has 0 spiro atoms. The van der Waals surface area contributed by atoms with Gasteiger partial charge in [-0.2, -0.15) is 0 Å². The molecule has 3 N–H and O–H groups in total. The molecule has 0 bridgehead atoms. The van der Waals surface area contributed by atoms with Crippen molar-refractivity contribution in [1.82, 2.24) is 10.2 Å². The first-order chi connectivity index (χ1) is 5.70. The summed E-state index contributed by atoms with van der Waals surface area (Å²) in [4.78, 5) is 23.3. The molecule has 68 valence electrons. The topological polar surface area (TPSA) is 75.4 Å². The Morgan fingerprint density at radius 2 is 1.92 bits per heavy atom. The second kappa shape index (κ2) is 4.06. The van der Waals surface area contributed by atoms with Gasteiger partial charge in [0.15, 0.2) is 0 Å². The highest BCUT2D eigenvalue weighted by Crippen LogP contribution is 1.95. The summed E-state index contributed by atoms with van der Waals surface area (Å²) in [6.07, 6.45) is -0.167. The Morgan fingerprint density at radius 1 is 1.33 bits per heavy atom. The first-order valence-corrected chi connectivity index (χ1v) is 3.97. The number of piperazine rings is 1. The van der Waals surface area contributed by atoms with Crippen molar-refractivity contribution >= 4 is 11.8 Å². The Labute approximate surface area is 70.9 Å². The van der Waals surface area contributed by atoms with Crippen molar-refractivity contribution in [3.05, 3.63) is 0 Å². The summed E-state index contributed by atoms with van der Waals surface area (Å²) in [5.41, 5.74) is 4.90. The summed E-state index contributed by atoms with van der Waals surface area (Å²) < 4.78 is 0. The molecule has 0 aliphatic carbocycles. The van der Waals surface area contributed by atoms with Crippen LogP contribution in [0.15, 0.2) is 0 Å². The maximum absolute atomic E-state index is 11.2. The van der Waals surface area contributed by atoms with Gasteiger partial charge in [-0.3, -0.25) is 9.59 Å². The fraction of sp³-hybridized carbons (Fsp3) is 0.714. The predicted molar refractivity (Wildman–Crippen MR) is 43.3 cm³/mol. The average molecular weight is 171 g/mol. The third kappa shape index (κ3) is 2.50. The number of rotatable bonds is 2. The van der Waals surface area contributed by atoms with Gasteiger partial charge in [0.1, 0.15) is 6.42 Å². The highest BCUT2D eigenvalue weighted by molar-refractivity contribution is 5.96. The lowest BCUT2D eigenvalue weighted by atomic mass is 10.3. The zero-order valence-electron chi connectivity index (χ0n) is 6.88. The van der Waals surface area contributed by atoms with Crippen LogP contribution in [0, 0.1) is 0 Å². The minimum absolute atomic E-state index is 0.163. The van der Waals surface area contributed by atoms with Crippen LogP contribution in [0.2, 0.25) is 0 Å². The third-order valence-corrected chi connectivity index (χ3v) is 1.80. The van der Waals surface area contributed by atoms with Crippen molar-refractivity contribution in [2.24, 2.45) is 5.73 Å². The van der Waals surface area contributed by atoms with Gasteiger partial charge in [0.05, 0.1) is 0 Å². The largest absolute Gasteiger partial charge is 0.369 e. The maximum Gasteiger partial charge on any atom is 0.232 e. The molecule has 0 atom stereocenters. The van der Waals surface area contributed by atoms with E-state index in [-0.39, 0.29) is 12.3 Å². The van der Waals surface area contributed by atoms with E-state index in [1.54, 1.807) is 4.90 Å². The van der Waals surface area contributed by atoms with Crippen molar-refractivity contribution in [3.63, 3.8) is 0 Å². The van der Waals surface area contributed by atoms with Crippen molar-refractivity contribution < 1.29 is 9.59 Å². The molecule has 2 amide bonds. The van der Waals surface area contributed by atoms with E-state index >= 15 is 0 Å². The van der Waals surface area contributed by atoms with Crippen LogP contribution < -0.4 is 11.1 Å². The highest BCUT2D eigenvalue weighted by atomic mass is 16.2. The van der Waals surface area contributed by atoms with Crippen LogP contribution in [-0.2, 0) is 9.59 Å². The van der Waals surface area contributed by atoms with Crippen LogP contribution >= 0.6 is 0 Å². The average Bonchev–Trinajstić information content (AvgIpc) is 2.05. The highest BCUT2D eigenvalue weighted by Gasteiger charge is 2.17. The summed E-state index contributed by atoms with van der Waals surface area (Å²) in [7, 11) is 0. The van der Waals surface area contributed by atoms with E-state index in [0.717, 1.165) is 13.1 Å². The Kier molecular flexibility index (Phi) is 3.04. The lowest BCUT2D eigenvalue weighted by Crippen LogP contribution is -2.47. The van der Waals surface area contributed by atoms with E-state index in [9.17, 15) is 9.59 Å². The zero-order chi connectivity index (χ0) is 8.97. The van der Waals surface area contributed by atoms with E-state index < -0.39 is 5.91 Å². The molecule has 0 aromatic rings. The summed E-state index contributed by atoms with van der Waals surface area (Å²) in [6.45, 7) is 2.94. The Hall–Kier alpha value is -1.10. The van der Waals surface area contributed by atoms with Crippen LogP contribution in [-0.4, -0.2) is 42.9 Å². The van der Waals surface area contributed by atoms with E-state index in [1.165, 1.54) is 0 Å². The molecule has 12 heavy (non-hydrogen) atoms. The normalized spacial score (nSPS) is 17.5. The summed E-state index contributed by atoms with van der Waals surface area (Å²) in [5, 5.41) is 3.11. The van der Waals surface area contributed by atoms with Gasteiger partial charge in [-0.05, 0) is 0 Å². The molecular formula is C7H13N3O2. The second-order valence-electron chi connectivity index (χ2n) is 2.77. The van der Waals surface area contributed by atoms with E-state index in [0.29, 0.717) is 13.1 Å². The Balaban J connectivity index is 2.34. The lowest BCUT2D eigenvalue weighted by Gasteiger charge is -2.26. The fourth-order valence-corrected chi connectivity index (χ4v) is 1.18. The number of nitrogens with two attached hydrogens (primary N) is 1. The first kappa shape index (κ1) is 8.99. The molecule has 1 saturated heterocycles. The van der Waals surface area contributed by atoms with E-state index in [1.807, 2.05) is 0 Å². The van der Waals surface area contributed by atoms with Crippen LogP contribution in [0.1, 0.15) is 6.42 Å². The van der Waals surface area contributed by atoms with Gasteiger partial charge in [0.25, 0.3) is 0 Å². The molecule has 5 heteroatoms. The number of amides is 2. The zero-order valence-corrected chi connectivity index (χ0v) is 6.88. The molecular weight excluding hydrogens is 158 g/mol. The van der Waals surface area contributed by atoms with Crippen molar-refractivity contribution in [1.29, 1.82) is 0 Å². The van der Waals surface area contributed by atoms with Crippen molar-refractivity contribution in [3.8, 4) is 0 Å². The molecule has 0 radical (unpaired) electrons. The minimum atomic E-state index is -0.557. The summed E-state index contributed by atoms with van der Waals surface area (Å²) in [6, 6.07) is 0. The number of nitrogens with one attached hydrogen (secondary N) is 1. The van der Waals surface area contributed by atoms with E-state index in [4.69, 9.17) is 5.73 Å². The first-order valence-electron chi connectivity index (χ1n) is 3.97. The maximum atomic E-state index is 11.2.